The molecule has 5 N–H and O–H groups in total. The molecule has 0 radical (unpaired) electrons. The molecular formula is C11H22N2O3. The summed E-state index contributed by atoms with van der Waals surface area (Å²) in [4.78, 5) is 0. The quantitative estimate of drug-likeness (QED) is 0.352. The van der Waals surface area contributed by atoms with Crippen molar-refractivity contribution in [3.05, 3.63) is 0 Å². The average Bonchev–Trinajstić information content (AvgIpc) is 2.27. The summed E-state index contributed by atoms with van der Waals surface area (Å²) >= 11 is 0. The molecule has 0 aromatic carbocycles. The second kappa shape index (κ2) is 10.9. The van der Waals surface area contributed by atoms with E-state index in [-0.39, 0.29) is 6.04 Å². The first-order chi connectivity index (χ1) is 7.70. The van der Waals surface area contributed by atoms with Crippen LogP contribution >= 0.6 is 0 Å². The lowest BCUT2D eigenvalue weighted by atomic mass is 10.3. The van der Waals surface area contributed by atoms with Crippen LogP contribution in [0.5, 0.6) is 0 Å². The van der Waals surface area contributed by atoms with Crippen molar-refractivity contribution in [3.8, 4) is 11.8 Å². The molecule has 0 heterocycles. The summed E-state index contributed by atoms with van der Waals surface area (Å²) in [6.07, 6.45) is -0.0834. The monoisotopic (exact) mass is 230 g/mol. The lowest BCUT2D eigenvalue weighted by Crippen LogP contribution is -2.34. The predicted molar refractivity (Wildman–Crippen MR) is 62.7 cm³/mol. The number of hydrogen-bond donors (Lipinski definition) is 3. The van der Waals surface area contributed by atoms with E-state index in [1.807, 2.05) is 0 Å². The first-order valence-corrected chi connectivity index (χ1v) is 5.42. The maximum Gasteiger partial charge on any atom is 0.116 e. The number of aliphatic hydroxyl groups is 1. The van der Waals surface area contributed by atoms with Crippen LogP contribution in [-0.2, 0) is 9.47 Å². The van der Waals surface area contributed by atoms with Crippen molar-refractivity contribution in [2.75, 3.05) is 33.0 Å². The fourth-order valence-corrected chi connectivity index (χ4v) is 0.956. The van der Waals surface area contributed by atoms with Gasteiger partial charge in [-0.2, -0.15) is 0 Å². The molecule has 5 nitrogen and oxygen atoms in total. The van der Waals surface area contributed by atoms with Crippen LogP contribution in [0.4, 0.5) is 0 Å². The van der Waals surface area contributed by atoms with E-state index in [1.165, 1.54) is 0 Å². The smallest absolute Gasteiger partial charge is 0.116 e. The van der Waals surface area contributed by atoms with Gasteiger partial charge in [0, 0.05) is 19.0 Å². The van der Waals surface area contributed by atoms with Gasteiger partial charge in [-0.05, 0) is 6.92 Å². The van der Waals surface area contributed by atoms with Crippen LogP contribution < -0.4 is 11.5 Å². The van der Waals surface area contributed by atoms with E-state index < -0.39 is 6.10 Å². The van der Waals surface area contributed by atoms with Gasteiger partial charge < -0.3 is 26.0 Å². The van der Waals surface area contributed by atoms with Crippen molar-refractivity contribution in [1.82, 2.24) is 0 Å². The maximum absolute atomic E-state index is 9.24. The third-order valence-electron chi connectivity index (χ3n) is 1.85. The van der Waals surface area contributed by atoms with E-state index in [1.54, 1.807) is 6.92 Å². The molecule has 0 amide bonds. The number of aliphatic hydroxyl groups excluding tert-OH is 1. The summed E-state index contributed by atoms with van der Waals surface area (Å²) in [6, 6.07) is -0.110. The maximum atomic E-state index is 9.24. The fraction of sp³-hybridized carbons (Fsp3) is 0.818. The Labute approximate surface area is 97.1 Å². The second-order valence-corrected chi connectivity index (χ2v) is 3.38. The molecule has 0 rings (SSSR count). The van der Waals surface area contributed by atoms with Crippen LogP contribution in [0, 0.1) is 11.8 Å². The first kappa shape index (κ1) is 15.4. The molecule has 0 spiro atoms. The van der Waals surface area contributed by atoms with Gasteiger partial charge in [-0.25, -0.2) is 0 Å². The van der Waals surface area contributed by atoms with Gasteiger partial charge in [0.2, 0.25) is 0 Å². The van der Waals surface area contributed by atoms with E-state index in [0.29, 0.717) is 39.4 Å². The zero-order chi connectivity index (χ0) is 12.2. The Balaban J connectivity index is 3.17. The molecule has 2 atom stereocenters. The minimum atomic E-state index is -0.600. The van der Waals surface area contributed by atoms with Crippen molar-refractivity contribution in [1.29, 1.82) is 0 Å². The van der Waals surface area contributed by atoms with Crippen molar-refractivity contribution in [3.63, 3.8) is 0 Å². The molecule has 0 aromatic heterocycles. The van der Waals surface area contributed by atoms with E-state index in [4.69, 9.17) is 20.9 Å². The lowest BCUT2D eigenvalue weighted by Gasteiger charge is -2.10. The zero-order valence-electron chi connectivity index (χ0n) is 9.82. The topological polar surface area (TPSA) is 90.7 Å². The van der Waals surface area contributed by atoms with Gasteiger partial charge in [0.25, 0.3) is 0 Å². The van der Waals surface area contributed by atoms with Crippen molar-refractivity contribution in [2.45, 2.75) is 25.5 Å². The summed E-state index contributed by atoms with van der Waals surface area (Å²) in [6.45, 7) is 4.01. The highest BCUT2D eigenvalue weighted by Crippen LogP contribution is 1.91. The predicted octanol–water partition coefficient (Wildman–Crippen LogP) is -0.920. The molecule has 0 saturated carbocycles. The van der Waals surface area contributed by atoms with Gasteiger partial charge >= 0.3 is 0 Å². The van der Waals surface area contributed by atoms with Gasteiger partial charge in [-0.1, -0.05) is 5.92 Å². The Morgan fingerprint density at radius 2 is 1.94 bits per heavy atom. The highest BCUT2D eigenvalue weighted by atomic mass is 16.5. The summed E-state index contributed by atoms with van der Waals surface area (Å²) in [7, 11) is 0. The average molecular weight is 230 g/mol. The molecule has 16 heavy (non-hydrogen) atoms. The normalized spacial score (nSPS) is 14.0. The Morgan fingerprint density at radius 1 is 1.25 bits per heavy atom. The van der Waals surface area contributed by atoms with Crippen LogP contribution in [-0.4, -0.2) is 50.2 Å². The molecular weight excluding hydrogens is 208 g/mol. The van der Waals surface area contributed by atoms with E-state index in [0.717, 1.165) is 0 Å². The minimum Gasteiger partial charge on any atom is -0.380 e. The van der Waals surface area contributed by atoms with Crippen molar-refractivity contribution in [2.24, 2.45) is 11.5 Å². The van der Waals surface area contributed by atoms with Gasteiger partial charge in [-0.15, -0.1) is 5.92 Å². The van der Waals surface area contributed by atoms with Crippen LogP contribution in [0.15, 0.2) is 0 Å². The second-order valence-electron chi connectivity index (χ2n) is 3.38. The lowest BCUT2D eigenvalue weighted by molar-refractivity contribution is 0.0347. The fourth-order valence-electron chi connectivity index (χ4n) is 0.956. The number of rotatable bonds is 9. The Bertz CT molecular complexity index is 213. The number of nitrogens with two attached hydrogens (primary N) is 2. The molecule has 0 saturated heterocycles. The molecule has 0 fully saturated rings. The molecule has 0 bridgehead atoms. The van der Waals surface area contributed by atoms with Crippen LogP contribution in [0.25, 0.3) is 0 Å². The molecule has 2 unspecified atom stereocenters. The van der Waals surface area contributed by atoms with E-state index in [2.05, 4.69) is 11.8 Å². The SMILES string of the molecule is CC#CC(O)CCOCCOCC(N)CN. The first-order valence-electron chi connectivity index (χ1n) is 5.42. The Kier molecular flexibility index (Phi) is 10.4. The van der Waals surface area contributed by atoms with Gasteiger partial charge in [0.15, 0.2) is 0 Å². The van der Waals surface area contributed by atoms with Crippen LogP contribution in [0.2, 0.25) is 0 Å². The standard InChI is InChI=1S/C11H22N2O3/c1-2-3-11(14)4-5-15-6-7-16-9-10(13)8-12/h10-11,14H,4-9,12-13H2,1H3. The Hall–Kier alpha value is -0.640. The number of hydrogen-bond acceptors (Lipinski definition) is 5. The highest BCUT2D eigenvalue weighted by molar-refractivity contribution is 5.01. The zero-order valence-corrected chi connectivity index (χ0v) is 9.82. The van der Waals surface area contributed by atoms with Gasteiger partial charge in [0.05, 0.1) is 26.4 Å². The molecule has 5 heteroatoms. The molecule has 94 valence electrons. The highest BCUT2D eigenvalue weighted by Gasteiger charge is 2.00. The third kappa shape index (κ3) is 9.90. The van der Waals surface area contributed by atoms with Crippen LogP contribution in [0.3, 0.4) is 0 Å². The van der Waals surface area contributed by atoms with E-state index in [9.17, 15) is 5.11 Å². The van der Waals surface area contributed by atoms with Gasteiger partial charge in [0.1, 0.15) is 6.10 Å². The largest absolute Gasteiger partial charge is 0.380 e. The minimum absolute atomic E-state index is 0.110. The summed E-state index contributed by atoms with van der Waals surface area (Å²) in [5.41, 5.74) is 10.9. The molecule has 0 aliphatic heterocycles. The Morgan fingerprint density at radius 3 is 2.56 bits per heavy atom. The van der Waals surface area contributed by atoms with Crippen LogP contribution in [0.1, 0.15) is 13.3 Å². The molecule has 0 aromatic rings. The van der Waals surface area contributed by atoms with Crippen molar-refractivity contribution < 1.29 is 14.6 Å². The summed E-state index contributed by atoms with van der Waals surface area (Å²) in [5.74, 6) is 5.28. The summed E-state index contributed by atoms with van der Waals surface area (Å²) < 4.78 is 10.5. The molecule has 0 aliphatic carbocycles. The van der Waals surface area contributed by atoms with E-state index >= 15 is 0 Å². The molecule has 0 aliphatic rings. The third-order valence-corrected chi connectivity index (χ3v) is 1.85. The van der Waals surface area contributed by atoms with Crippen molar-refractivity contribution >= 4 is 0 Å². The summed E-state index contributed by atoms with van der Waals surface area (Å²) in [5, 5.41) is 9.24. The number of ether oxygens (including phenoxy) is 2. The van der Waals surface area contributed by atoms with Gasteiger partial charge in [-0.3, -0.25) is 0 Å².